The monoisotopic (exact) mass is 495 g/mol. The van der Waals surface area contributed by atoms with Crippen LogP contribution in [0.5, 0.6) is 0 Å². The SMILES string of the molecule is Cc1ccc(NS(=O)(=O)c2ccc(C(=O)NC3CCN(C(=O)c4ccccc4F)CC3)cc2)cc1. The summed E-state index contributed by atoms with van der Waals surface area (Å²) in [6.45, 7) is 2.72. The maximum absolute atomic E-state index is 13.9. The highest BCUT2D eigenvalue weighted by Crippen LogP contribution is 2.19. The summed E-state index contributed by atoms with van der Waals surface area (Å²) in [5.41, 5.74) is 1.86. The lowest BCUT2D eigenvalue weighted by molar-refractivity contribution is 0.0693. The van der Waals surface area contributed by atoms with Crippen molar-refractivity contribution in [2.45, 2.75) is 30.7 Å². The Hall–Kier alpha value is -3.72. The average Bonchev–Trinajstić information content (AvgIpc) is 2.86. The Morgan fingerprint density at radius 1 is 0.914 bits per heavy atom. The number of aryl methyl sites for hydroxylation is 1. The molecule has 0 aromatic heterocycles. The molecule has 0 unspecified atom stereocenters. The number of piperidine rings is 1. The van der Waals surface area contributed by atoms with E-state index in [4.69, 9.17) is 0 Å². The summed E-state index contributed by atoms with van der Waals surface area (Å²) in [6.07, 6.45) is 1.08. The number of amides is 2. The van der Waals surface area contributed by atoms with Crippen molar-refractivity contribution < 1.29 is 22.4 Å². The molecule has 1 heterocycles. The van der Waals surface area contributed by atoms with E-state index in [1.54, 1.807) is 23.1 Å². The van der Waals surface area contributed by atoms with Crippen molar-refractivity contribution in [1.29, 1.82) is 0 Å². The third-order valence-corrected chi connectivity index (χ3v) is 7.35. The largest absolute Gasteiger partial charge is 0.349 e. The zero-order valence-electron chi connectivity index (χ0n) is 19.2. The molecule has 9 heteroatoms. The molecular formula is C26H26FN3O4S. The van der Waals surface area contributed by atoms with Crippen LogP contribution >= 0.6 is 0 Å². The first-order chi connectivity index (χ1) is 16.7. The van der Waals surface area contributed by atoms with Gasteiger partial charge in [0.1, 0.15) is 5.82 Å². The van der Waals surface area contributed by atoms with Crippen LogP contribution in [0.4, 0.5) is 10.1 Å². The summed E-state index contributed by atoms with van der Waals surface area (Å²) >= 11 is 0. The van der Waals surface area contributed by atoms with Gasteiger partial charge in [-0.3, -0.25) is 14.3 Å². The Balaban J connectivity index is 1.32. The summed E-state index contributed by atoms with van der Waals surface area (Å²) in [7, 11) is -3.78. The molecule has 4 rings (SSSR count). The molecule has 1 saturated heterocycles. The molecule has 2 N–H and O–H groups in total. The number of hydrogen-bond donors (Lipinski definition) is 2. The lowest BCUT2D eigenvalue weighted by Gasteiger charge is -2.32. The molecule has 0 aliphatic carbocycles. The van der Waals surface area contributed by atoms with Crippen LogP contribution in [0, 0.1) is 12.7 Å². The molecule has 0 bridgehead atoms. The van der Waals surface area contributed by atoms with Gasteiger partial charge in [0.05, 0.1) is 10.5 Å². The quantitative estimate of drug-likeness (QED) is 0.541. The lowest BCUT2D eigenvalue weighted by atomic mass is 10.0. The van der Waals surface area contributed by atoms with Crippen molar-refractivity contribution in [3.63, 3.8) is 0 Å². The molecule has 0 atom stereocenters. The number of sulfonamides is 1. The van der Waals surface area contributed by atoms with Crippen molar-refractivity contribution in [3.8, 4) is 0 Å². The fourth-order valence-corrected chi connectivity index (χ4v) is 4.98. The molecule has 0 saturated carbocycles. The molecule has 3 aromatic carbocycles. The molecule has 1 aliphatic heterocycles. The number of hydrogen-bond acceptors (Lipinski definition) is 4. The van der Waals surface area contributed by atoms with E-state index in [1.807, 2.05) is 19.1 Å². The zero-order chi connectivity index (χ0) is 25.0. The third kappa shape index (κ3) is 5.86. The molecule has 7 nitrogen and oxygen atoms in total. The van der Waals surface area contributed by atoms with E-state index in [0.29, 0.717) is 37.2 Å². The summed E-state index contributed by atoms with van der Waals surface area (Å²) in [5.74, 6) is -1.23. The third-order valence-electron chi connectivity index (χ3n) is 5.95. The Labute approximate surface area is 204 Å². The van der Waals surface area contributed by atoms with Crippen molar-refractivity contribution in [2.75, 3.05) is 17.8 Å². The van der Waals surface area contributed by atoms with E-state index in [9.17, 15) is 22.4 Å². The van der Waals surface area contributed by atoms with E-state index < -0.39 is 15.8 Å². The number of carbonyl (C=O) groups is 2. The van der Waals surface area contributed by atoms with Gasteiger partial charge in [-0.1, -0.05) is 29.8 Å². The van der Waals surface area contributed by atoms with Crippen LogP contribution in [0.25, 0.3) is 0 Å². The van der Waals surface area contributed by atoms with Crippen LogP contribution in [-0.2, 0) is 10.0 Å². The van der Waals surface area contributed by atoms with Gasteiger partial charge in [-0.2, -0.15) is 0 Å². The van der Waals surface area contributed by atoms with E-state index >= 15 is 0 Å². The van der Waals surface area contributed by atoms with Gasteiger partial charge in [0.15, 0.2) is 0 Å². The van der Waals surface area contributed by atoms with Crippen LogP contribution in [0.15, 0.2) is 77.7 Å². The van der Waals surface area contributed by atoms with Crippen molar-refractivity contribution in [1.82, 2.24) is 10.2 Å². The van der Waals surface area contributed by atoms with Gasteiger partial charge in [-0.25, -0.2) is 12.8 Å². The van der Waals surface area contributed by atoms with E-state index in [1.165, 1.54) is 42.5 Å². The number of halogens is 1. The van der Waals surface area contributed by atoms with Gasteiger partial charge >= 0.3 is 0 Å². The number of nitrogens with zero attached hydrogens (tertiary/aromatic N) is 1. The molecule has 0 spiro atoms. The maximum Gasteiger partial charge on any atom is 0.261 e. The fraction of sp³-hybridized carbons (Fsp3) is 0.231. The Morgan fingerprint density at radius 3 is 2.17 bits per heavy atom. The van der Waals surface area contributed by atoms with Crippen molar-refractivity contribution in [2.24, 2.45) is 0 Å². The summed E-state index contributed by atoms with van der Waals surface area (Å²) in [4.78, 5) is 26.9. The minimum Gasteiger partial charge on any atom is -0.349 e. The first-order valence-electron chi connectivity index (χ1n) is 11.3. The Kier molecular flexibility index (Phi) is 7.16. The summed E-state index contributed by atoms with van der Waals surface area (Å²) in [5, 5.41) is 2.93. The first kappa shape index (κ1) is 24.4. The normalized spacial score (nSPS) is 14.4. The van der Waals surface area contributed by atoms with Crippen molar-refractivity contribution >= 4 is 27.5 Å². The van der Waals surface area contributed by atoms with Gasteiger partial charge in [0.2, 0.25) is 0 Å². The van der Waals surface area contributed by atoms with Crippen LogP contribution in [0.1, 0.15) is 39.1 Å². The molecule has 35 heavy (non-hydrogen) atoms. The first-order valence-corrected chi connectivity index (χ1v) is 12.8. The van der Waals surface area contributed by atoms with Gasteiger partial charge in [-0.15, -0.1) is 0 Å². The number of benzene rings is 3. The molecule has 1 aliphatic rings. The predicted octanol–water partition coefficient (Wildman–Crippen LogP) is 3.97. The second-order valence-corrected chi connectivity index (χ2v) is 10.2. The number of rotatable bonds is 6. The molecule has 1 fully saturated rings. The predicted molar refractivity (Wildman–Crippen MR) is 131 cm³/mol. The van der Waals surface area contributed by atoms with Crippen molar-refractivity contribution in [3.05, 3.63) is 95.3 Å². The van der Waals surface area contributed by atoms with Gasteiger partial charge in [0, 0.05) is 30.4 Å². The minimum absolute atomic E-state index is 0.0434. The standard InChI is InChI=1S/C26H26FN3O4S/c1-18-6-10-21(11-7-18)29-35(33,34)22-12-8-19(9-13-22)25(31)28-20-14-16-30(17-15-20)26(32)23-4-2-3-5-24(23)27/h2-13,20,29H,14-17H2,1H3,(H,28,31). The zero-order valence-corrected chi connectivity index (χ0v) is 20.0. The Morgan fingerprint density at radius 2 is 1.54 bits per heavy atom. The number of anilines is 1. The van der Waals surface area contributed by atoms with Gasteiger partial charge < -0.3 is 10.2 Å². The number of carbonyl (C=O) groups excluding carboxylic acids is 2. The topological polar surface area (TPSA) is 95.6 Å². The maximum atomic E-state index is 13.9. The van der Waals surface area contributed by atoms with Crippen LogP contribution < -0.4 is 10.0 Å². The second-order valence-electron chi connectivity index (χ2n) is 8.52. The molecular weight excluding hydrogens is 469 g/mol. The molecule has 182 valence electrons. The average molecular weight is 496 g/mol. The highest BCUT2D eigenvalue weighted by atomic mass is 32.2. The fourth-order valence-electron chi connectivity index (χ4n) is 3.92. The summed E-state index contributed by atoms with van der Waals surface area (Å²) in [6, 6.07) is 18.5. The van der Waals surface area contributed by atoms with Gasteiger partial charge in [0.25, 0.3) is 21.8 Å². The van der Waals surface area contributed by atoms with E-state index in [2.05, 4.69) is 10.0 Å². The molecule has 2 amide bonds. The van der Waals surface area contributed by atoms with E-state index in [-0.39, 0.29) is 28.3 Å². The smallest absolute Gasteiger partial charge is 0.261 e. The van der Waals surface area contributed by atoms with Gasteiger partial charge in [-0.05, 0) is 68.3 Å². The highest BCUT2D eigenvalue weighted by Gasteiger charge is 2.26. The Bertz CT molecular complexity index is 1320. The van der Waals surface area contributed by atoms with E-state index in [0.717, 1.165) is 5.56 Å². The molecule has 0 radical (unpaired) electrons. The second kappa shape index (κ2) is 10.3. The lowest BCUT2D eigenvalue weighted by Crippen LogP contribution is -2.46. The number of likely N-dealkylation sites (tertiary alicyclic amines) is 1. The summed E-state index contributed by atoms with van der Waals surface area (Å²) < 4.78 is 41.7. The number of nitrogens with one attached hydrogen (secondary N) is 2. The molecule has 3 aromatic rings. The minimum atomic E-state index is -3.78. The van der Waals surface area contributed by atoms with Crippen LogP contribution in [0.2, 0.25) is 0 Å². The van der Waals surface area contributed by atoms with Crippen LogP contribution in [-0.4, -0.2) is 44.3 Å². The van der Waals surface area contributed by atoms with Crippen LogP contribution in [0.3, 0.4) is 0 Å². The highest BCUT2D eigenvalue weighted by molar-refractivity contribution is 7.92.